The first kappa shape index (κ1) is 18.5. The number of ether oxygens (including phenoxy) is 1. The summed E-state index contributed by atoms with van der Waals surface area (Å²) in [6, 6.07) is 11.2. The number of rotatable bonds is 5. The zero-order valence-corrected chi connectivity index (χ0v) is 15.0. The highest BCUT2D eigenvalue weighted by molar-refractivity contribution is 6.31. The van der Waals surface area contributed by atoms with Crippen LogP contribution in [0.3, 0.4) is 0 Å². The van der Waals surface area contributed by atoms with Crippen LogP contribution in [-0.4, -0.2) is 53.6 Å². The van der Waals surface area contributed by atoms with Crippen molar-refractivity contribution in [1.82, 2.24) is 9.80 Å². The number of para-hydroxylation sites is 2. The van der Waals surface area contributed by atoms with Crippen molar-refractivity contribution < 1.29 is 19.0 Å². The summed E-state index contributed by atoms with van der Waals surface area (Å²) < 4.78 is 19.3. The van der Waals surface area contributed by atoms with Crippen LogP contribution in [0.5, 0.6) is 11.5 Å². The van der Waals surface area contributed by atoms with Gasteiger partial charge in [-0.2, -0.15) is 0 Å². The molecule has 0 bridgehead atoms. The van der Waals surface area contributed by atoms with Crippen molar-refractivity contribution in [2.75, 3.05) is 32.8 Å². The molecular formula is C19H20ClFN2O3. The zero-order valence-electron chi connectivity index (χ0n) is 14.2. The van der Waals surface area contributed by atoms with E-state index < -0.39 is 0 Å². The second-order valence-electron chi connectivity index (χ2n) is 6.11. The summed E-state index contributed by atoms with van der Waals surface area (Å²) in [5, 5.41) is 10.1. The smallest absolute Gasteiger partial charge is 0.260 e. The lowest BCUT2D eigenvalue weighted by atomic mass is 10.2. The summed E-state index contributed by atoms with van der Waals surface area (Å²) in [5.74, 6) is -0.163. The SMILES string of the molecule is O=C(COc1ccccc1O)N1CCN(Cc2c(F)cccc2Cl)CC1. The lowest BCUT2D eigenvalue weighted by molar-refractivity contribution is -0.135. The first-order valence-corrected chi connectivity index (χ1v) is 8.76. The predicted octanol–water partition coefficient (Wildman–Crippen LogP) is 2.91. The van der Waals surface area contributed by atoms with Crippen LogP contribution >= 0.6 is 11.6 Å². The van der Waals surface area contributed by atoms with Gasteiger partial charge < -0.3 is 14.7 Å². The standard InChI is InChI=1S/C19H20ClFN2O3/c20-15-4-3-5-16(21)14(15)12-22-8-10-23(11-9-22)19(25)13-26-18-7-2-1-6-17(18)24/h1-7,24H,8-13H2. The number of aromatic hydroxyl groups is 1. The van der Waals surface area contributed by atoms with E-state index >= 15 is 0 Å². The number of phenols is 1. The molecule has 0 radical (unpaired) electrons. The van der Waals surface area contributed by atoms with Gasteiger partial charge in [-0.1, -0.05) is 29.8 Å². The Labute approximate surface area is 156 Å². The van der Waals surface area contributed by atoms with Crippen LogP contribution < -0.4 is 4.74 Å². The van der Waals surface area contributed by atoms with E-state index in [1.54, 1.807) is 35.2 Å². The molecule has 26 heavy (non-hydrogen) atoms. The Bertz CT molecular complexity index is 759. The number of halogens is 2. The lowest BCUT2D eigenvalue weighted by Gasteiger charge is -2.34. The molecule has 0 spiro atoms. The number of hydrogen-bond donors (Lipinski definition) is 1. The molecule has 0 atom stereocenters. The topological polar surface area (TPSA) is 53.0 Å². The van der Waals surface area contributed by atoms with Crippen LogP contribution in [0.4, 0.5) is 4.39 Å². The van der Waals surface area contributed by atoms with Crippen molar-refractivity contribution in [1.29, 1.82) is 0 Å². The Morgan fingerprint density at radius 2 is 1.85 bits per heavy atom. The molecule has 138 valence electrons. The van der Waals surface area contributed by atoms with Gasteiger partial charge >= 0.3 is 0 Å². The summed E-state index contributed by atoms with van der Waals surface area (Å²) >= 11 is 6.07. The molecule has 0 aliphatic carbocycles. The average Bonchev–Trinajstić information content (AvgIpc) is 2.64. The number of benzene rings is 2. The number of hydrogen-bond acceptors (Lipinski definition) is 4. The molecule has 1 N–H and O–H groups in total. The Hall–Kier alpha value is -2.31. The van der Waals surface area contributed by atoms with Crippen molar-refractivity contribution in [2.24, 2.45) is 0 Å². The van der Waals surface area contributed by atoms with E-state index in [-0.39, 0.29) is 29.8 Å². The molecule has 1 fully saturated rings. The fourth-order valence-corrected chi connectivity index (χ4v) is 3.10. The molecule has 2 aromatic carbocycles. The molecule has 0 saturated carbocycles. The van der Waals surface area contributed by atoms with Crippen molar-refractivity contribution >= 4 is 17.5 Å². The van der Waals surface area contributed by atoms with Gasteiger partial charge in [0.2, 0.25) is 0 Å². The quantitative estimate of drug-likeness (QED) is 0.869. The minimum Gasteiger partial charge on any atom is -0.504 e. The predicted molar refractivity (Wildman–Crippen MR) is 96.9 cm³/mol. The molecule has 0 aromatic heterocycles. The monoisotopic (exact) mass is 378 g/mol. The maximum Gasteiger partial charge on any atom is 0.260 e. The van der Waals surface area contributed by atoms with Crippen molar-refractivity contribution in [3.63, 3.8) is 0 Å². The molecule has 3 rings (SSSR count). The number of phenolic OH excluding ortho intramolecular Hbond substituents is 1. The second kappa shape index (κ2) is 8.38. The van der Waals surface area contributed by atoms with Crippen molar-refractivity contribution in [2.45, 2.75) is 6.54 Å². The average molecular weight is 379 g/mol. The number of carbonyl (C=O) groups is 1. The molecule has 1 aliphatic heterocycles. The number of nitrogens with zero attached hydrogens (tertiary/aromatic N) is 2. The second-order valence-corrected chi connectivity index (χ2v) is 6.52. The van der Waals surface area contributed by atoms with Gasteiger partial charge in [-0.25, -0.2) is 4.39 Å². The third-order valence-corrected chi connectivity index (χ3v) is 4.74. The summed E-state index contributed by atoms with van der Waals surface area (Å²) in [6.07, 6.45) is 0. The van der Waals surface area contributed by atoms with Gasteiger partial charge in [0.05, 0.1) is 0 Å². The van der Waals surface area contributed by atoms with Crippen LogP contribution in [0.15, 0.2) is 42.5 Å². The van der Waals surface area contributed by atoms with Crippen molar-refractivity contribution in [3.8, 4) is 11.5 Å². The maximum atomic E-state index is 13.9. The van der Waals surface area contributed by atoms with E-state index in [1.165, 1.54) is 12.1 Å². The van der Waals surface area contributed by atoms with E-state index in [1.807, 2.05) is 0 Å². The summed E-state index contributed by atoms with van der Waals surface area (Å²) in [6.45, 7) is 2.63. The Kier molecular flexibility index (Phi) is 5.96. The van der Waals surface area contributed by atoms with Gasteiger partial charge in [0, 0.05) is 43.3 Å². The molecule has 1 amide bonds. The summed E-state index contributed by atoms with van der Waals surface area (Å²) in [4.78, 5) is 16.1. The van der Waals surface area contributed by atoms with Gasteiger partial charge in [0.1, 0.15) is 5.82 Å². The molecule has 0 unspecified atom stereocenters. The van der Waals surface area contributed by atoms with Crippen LogP contribution in [0.2, 0.25) is 5.02 Å². The van der Waals surface area contributed by atoms with Crippen molar-refractivity contribution in [3.05, 3.63) is 58.9 Å². The van der Waals surface area contributed by atoms with Crippen LogP contribution in [0.1, 0.15) is 5.56 Å². The Morgan fingerprint density at radius 3 is 2.54 bits per heavy atom. The molecule has 1 aliphatic rings. The molecule has 1 heterocycles. The number of carbonyl (C=O) groups excluding carboxylic acids is 1. The van der Waals surface area contributed by atoms with Crippen LogP contribution in [0.25, 0.3) is 0 Å². The van der Waals surface area contributed by atoms with Gasteiger partial charge in [0.25, 0.3) is 5.91 Å². The largest absolute Gasteiger partial charge is 0.504 e. The van der Waals surface area contributed by atoms with E-state index in [4.69, 9.17) is 16.3 Å². The fourth-order valence-electron chi connectivity index (χ4n) is 2.87. The lowest BCUT2D eigenvalue weighted by Crippen LogP contribution is -2.49. The van der Waals surface area contributed by atoms with Crippen LogP contribution in [0, 0.1) is 5.82 Å². The molecule has 7 heteroatoms. The molecule has 2 aromatic rings. The number of amides is 1. The van der Waals surface area contributed by atoms with Gasteiger partial charge in [-0.3, -0.25) is 9.69 Å². The third kappa shape index (κ3) is 4.45. The van der Waals surface area contributed by atoms with E-state index in [0.29, 0.717) is 43.3 Å². The highest BCUT2D eigenvalue weighted by Crippen LogP contribution is 2.24. The molecular weight excluding hydrogens is 359 g/mol. The van der Waals surface area contributed by atoms with E-state index in [9.17, 15) is 14.3 Å². The number of piperazine rings is 1. The van der Waals surface area contributed by atoms with Gasteiger partial charge in [-0.05, 0) is 24.3 Å². The van der Waals surface area contributed by atoms with E-state index in [0.717, 1.165) is 0 Å². The Balaban J connectivity index is 1.49. The zero-order chi connectivity index (χ0) is 18.5. The van der Waals surface area contributed by atoms with Gasteiger partial charge in [0.15, 0.2) is 18.1 Å². The highest BCUT2D eigenvalue weighted by Gasteiger charge is 2.23. The Morgan fingerprint density at radius 1 is 1.12 bits per heavy atom. The molecule has 5 nitrogen and oxygen atoms in total. The normalized spacial score (nSPS) is 15.1. The molecule has 1 saturated heterocycles. The fraction of sp³-hybridized carbons (Fsp3) is 0.316. The van der Waals surface area contributed by atoms with Crippen LogP contribution in [-0.2, 0) is 11.3 Å². The maximum absolute atomic E-state index is 13.9. The summed E-state index contributed by atoms with van der Waals surface area (Å²) in [5.41, 5.74) is 0.483. The van der Waals surface area contributed by atoms with E-state index in [2.05, 4.69) is 4.90 Å². The first-order valence-electron chi connectivity index (χ1n) is 8.38. The minimum absolute atomic E-state index is 0.00638. The minimum atomic E-state index is -0.313. The highest BCUT2D eigenvalue weighted by atomic mass is 35.5. The summed E-state index contributed by atoms with van der Waals surface area (Å²) in [7, 11) is 0. The van der Waals surface area contributed by atoms with Gasteiger partial charge in [-0.15, -0.1) is 0 Å². The first-order chi connectivity index (χ1) is 12.5. The third-order valence-electron chi connectivity index (χ3n) is 4.38.